The third-order valence-electron chi connectivity index (χ3n) is 2.57. The Morgan fingerprint density at radius 3 is 3.00 bits per heavy atom. The standard InChI is InChI=1S/C12H13NO3S/c1-16-9-4-2-3-8(7-9)11(14)13-10-5-6-17-12(10)15/h2-4,7,10H,5-6H2,1H3,(H,13,14)/t10-/m1/s1. The Bertz CT molecular complexity index is 447. The molecule has 0 radical (unpaired) electrons. The van der Waals surface area contributed by atoms with Crippen molar-refractivity contribution in [3.05, 3.63) is 29.8 Å². The van der Waals surface area contributed by atoms with Crippen molar-refractivity contribution in [2.75, 3.05) is 12.9 Å². The topological polar surface area (TPSA) is 55.4 Å². The van der Waals surface area contributed by atoms with Gasteiger partial charge in [-0.1, -0.05) is 17.8 Å². The summed E-state index contributed by atoms with van der Waals surface area (Å²) in [6, 6.07) is 6.53. The second kappa shape index (κ2) is 5.23. The molecule has 0 unspecified atom stereocenters. The van der Waals surface area contributed by atoms with E-state index in [1.165, 1.54) is 11.8 Å². The molecular formula is C12H13NO3S. The summed E-state index contributed by atoms with van der Waals surface area (Å²) < 4.78 is 5.05. The molecule has 1 saturated heterocycles. The van der Waals surface area contributed by atoms with Crippen LogP contribution in [0.2, 0.25) is 0 Å². The number of benzene rings is 1. The van der Waals surface area contributed by atoms with E-state index in [1.807, 2.05) is 0 Å². The number of nitrogens with one attached hydrogen (secondary N) is 1. The molecule has 90 valence electrons. The zero-order chi connectivity index (χ0) is 12.3. The SMILES string of the molecule is COc1cccc(C(=O)N[C@@H]2CCSC2=O)c1. The van der Waals surface area contributed by atoms with Gasteiger partial charge in [-0.15, -0.1) is 0 Å². The molecule has 0 spiro atoms. The van der Waals surface area contributed by atoms with Crippen molar-refractivity contribution in [1.29, 1.82) is 0 Å². The number of carbonyl (C=O) groups is 2. The number of rotatable bonds is 3. The van der Waals surface area contributed by atoms with Gasteiger partial charge in [-0.3, -0.25) is 9.59 Å². The van der Waals surface area contributed by atoms with Crippen LogP contribution in [-0.2, 0) is 4.79 Å². The summed E-state index contributed by atoms with van der Waals surface area (Å²) in [7, 11) is 1.55. The number of methoxy groups -OCH3 is 1. The first-order valence-corrected chi connectivity index (χ1v) is 6.31. The molecule has 1 amide bonds. The molecule has 4 nitrogen and oxygen atoms in total. The predicted molar refractivity (Wildman–Crippen MR) is 66.3 cm³/mol. The van der Waals surface area contributed by atoms with Crippen molar-refractivity contribution < 1.29 is 14.3 Å². The van der Waals surface area contributed by atoms with Crippen molar-refractivity contribution in [3.63, 3.8) is 0 Å². The van der Waals surface area contributed by atoms with E-state index >= 15 is 0 Å². The first kappa shape index (κ1) is 12.0. The van der Waals surface area contributed by atoms with E-state index in [0.717, 1.165) is 5.75 Å². The van der Waals surface area contributed by atoms with Crippen molar-refractivity contribution in [1.82, 2.24) is 5.32 Å². The predicted octanol–water partition coefficient (Wildman–Crippen LogP) is 1.46. The second-order valence-electron chi connectivity index (χ2n) is 3.71. The fourth-order valence-corrected chi connectivity index (χ4v) is 2.57. The van der Waals surface area contributed by atoms with Crippen LogP contribution in [0.4, 0.5) is 0 Å². The zero-order valence-corrected chi connectivity index (χ0v) is 10.3. The molecule has 1 atom stereocenters. The summed E-state index contributed by atoms with van der Waals surface area (Å²) in [6.45, 7) is 0. The van der Waals surface area contributed by atoms with Crippen molar-refractivity contribution in [2.24, 2.45) is 0 Å². The lowest BCUT2D eigenvalue weighted by Gasteiger charge is -2.10. The highest BCUT2D eigenvalue weighted by atomic mass is 32.2. The fraction of sp³-hybridized carbons (Fsp3) is 0.333. The lowest BCUT2D eigenvalue weighted by atomic mass is 10.1. The maximum absolute atomic E-state index is 11.9. The van der Waals surface area contributed by atoms with Gasteiger partial charge in [-0.05, 0) is 24.6 Å². The molecule has 1 heterocycles. The summed E-state index contributed by atoms with van der Waals surface area (Å²) in [5, 5.41) is 2.77. The molecule has 0 bridgehead atoms. The molecule has 2 rings (SSSR count). The van der Waals surface area contributed by atoms with Crippen LogP contribution in [0.15, 0.2) is 24.3 Å². The molecular weight excluding hydrogens is 238 g/mol. The molecule has 5 heteroatoms. The first-order chi connectivity index (χ1) is 8.20. The maximum atomic E-state index is 11.9. The number of hydrogen-bond acceptors (Lipinski definition) is 4. The highest BCUT2D eigenvalue weighted by Crippen LogP contribution is 2.20. The van der Waals surface area contributed by atoms with E-state index in [1.54, 1.807) is 31.4 Å². The highest BCUT2D eigenvalue weighted by molar-refractivity contribution is 8.14. The average molecular weight is 251 g/mol. The van der Waals surface area contributed by atoms with Crippen LogP contribution in [0, 0.1) is 0 Å². The van der Waals surface area contributed by atoms with Crippen LogP contribution >= 0.6 is 11.8 Å². The Hall–Kier alpha value is -1.49. The van der Waals surface area contributed by atoms with Gasteiger partial charge in [0.2, 0.25) is 5.12 Å². The summed E-state index contributed by atoms with van der Waals surface area (Å²) in [4.78, 5) is 23.3. The minimum atomic E-state index is -0.348. The molecule has 1 aromatic rings. The van der Waals surface area contributed by atoms with Crippen LogP contribution in [0.25, 0.3) is 0 Å². The van der Waals surface area contributed by atoms with E-state index in [0.29, 0.717) is 17.7 Å². The van der Waals surface area contributed by atoms with E-state index in [2.05, 4.69) is 5.32 Å². The molecule has 17 heavy (non-hydrogen) atoms. The van der Waals surface area contributed by atoms with Crippen LogP contribution in [-0.4, -0.2) is 29.9 Å². The lowest BCUT2D eigenvalue weighted by molar-refractivity contribution is -0.112. The largest absolute Gasteiger partial charge is 0.497 e. The van der Waals surface area contributed by atoms with E-state index in [9.17, 15) is 9.59 Å². The van der Waals surface area contributed by atoms with Gasteiger partial charge >= 0.3 is 0 Å². The van der Waals surface area contributed by atoms with Gasteiger partial charge in [0, 0.05) is 11.3 Å². The molecule has 0 aromatic heterocycles. The highest BCUT2D eigenvalue weighted by Gasteiger charge is 2.27. The zero-order valence-electron chi connectivity index (χ0n) is 9.43. The van der Waals surface area contributed by atoms with Gasteiger partial charge in [0.15, 0.2) is 0 Å². The number of thioether (sulfide) groups is 1. The van der Waals surface area contributed by atoms with Crippen LogP contribution in [0.1, 0.15) is 16.8 Å². The third kappa shape index (κ3) is 2.79. The third-order valence-corrected chi connectivity index (χ3v) is 3.58. The number of carbonyl (C=O) groups excluding carboxylic acids is 2. The monoisotopic (exact) mass is 251 g/mol. The van der Waals surface area contributed by atoms with Gasteiger partial charge < -0.3 is 10.1 Å². The Labute approximate surface area is 104 Å². The maximum Gasteiger partial charge on any atom is 0.252 e. The van der Waals surface area contributed by atoms with Crippen LogP contribution < -0.4 is 10.1 Å². The van der Waals surface area contributed by atoms with Crippen LogP contribution in [0.3, 0.4) is 0 Å². The molecule has 1 aliphatic heterocycles. The Balaban J connectivity index is 2.06. The minimum Gasteiger partial charge on any atom is -0.497 e. The summed E-state index contributed by atoms with van der Waals surface area (Å²) in [5.74, 6) is 1.18. The van der Waals surface area contributed by atoms with E-state index in [4.69, 9.17) is 4.74 Å². The fourth-order valence-electron chi connectivity index (χ4n) is 1.63. The number of ether oxygens (including phenoxy) is 1. The van der Waals surface area contributed by atoms with Crippen molar-refractivity contribution >= 4 is 22.8 Å². The lowest BCUT2D eigenvalue weighted by Crippen LogP contribution is -2.37. The summed E-state index contributed by atoms with van der Waals surface area (Å²) >= 11 is 1.27. The molecule has 1 aromatic carbocycles. The Kier molecular flexibility index (Phi) is 3.68. The van der Waals surface area contributed by atoms with Gasteiger partial charge in [0.1, 0.15) is 5.75 Å². The Morgan fingerprint density at radius 2 is 2.35 bits per heavy atom. The second-order valence-corrected chi connectivity index (χ2v) is 4.81. The molecule has 1 aliphatic rings. The van der Waals surface area contributed by atoms with Gasteiger partial charge in [-0.25, -0.2) is 0 Å². The summed E-state index contributed by atoms with van der Waals surface area (Å²) in [5.41, 5.74) is 0.508. The van der Waals surface area contributed by atoms with E-state index < -0.39 is 0 Å². The van der Waals surface area contributed by atoms with Gasteiger partial charge in [0.25, 0.3) is 5.91 Å². The molecule has 1 N–H and O–H groups in total. The van der Waals surface area contributed by atoms with Gasteiger partial charge in [-0.2, -0.15) is 0 Å². The van der Waals surface area contributed by atoms with Crippen molar-refractivity contribution in [3.8, 4) is 5.75 Å². The molecule has 0 aliphatic carbocycles. The molecule has 1 fully saturated rings. The Morgan fingerprint density at radius 1 is 1.53 bits per heavy atom. The smallest absolute Gasteiger partial charge is 0.252 e. The normalized spacial score (nSPS) is 19.1. The molecule has 0 saturated carbocycles. The van der Waals surface area contributed by atoms with Crippen LogP contribution in [0.5, 0.6) is 5.75 Å². The minimum absolute atomic E-state index is 0.0428. The van der Waals surface area contributed by atoms with Crippen molar-refractivity contribution in [2.45, 2.75) is 12.5 Å². The average Bonchev–Trinajstić information content (AvgIpc) is 2.75. The van der Waals surface area contributed by atoms with E-state index in [-0.39, 0.29) is 17.1 Å². The number of amides is 1. The summed E-state index contributed by atoms with van der Waals surface area (Å²) in [6.07, 6.45) is 0.708. The quantitative estimate of drug-likeness (QED) is 0.883. The van der Waals surface area contributed by atoms with Gasteiger partial charge in [0.05, 0.1) is 13.2 Å². The first-order valence-electron chi connectivity index (χ1n) is 5.32. The number of hydrogen-bond donors (Lipinski definition) is 1.